The van der Waals surface area contributed by atoms with Crippen LogP contribution in [0.2, 0.25) is 0 Å². The summed E-state index contributed by atoms with van der Waals surface area (Å²) in [6.45, 7) is 0.661. The molecule has 0 amide bonds. The number of esters is 1. The number of benzene rings is 2. The number of fused-ring (bicyclic) bond motifs is 1. The molecular formula is C24H24N4O4. The first-order valence-corrected chi connectivity index (χ1v) is 10.1. The number of carbonyl (C=O) groups excluding carboxylic acids is 1. The van der Waals surface area contributed by atoms with Crippen LogP contribution in [0.1, 0.15) is 15.9 Å². The summed E-state index contributed by atoms with van der Waals surface area (Å²) in [6, 6.07) is 15.1. The van der Waals surface area contributed by atoms with Gasteiger partial charge in [0.25, 0.3) is 0 Å². The molecule has 0 bridgehead atoms. The largest absolute Gasteiger partial charge is 0.493 e. The molecule has 2 aromatic heterocycles. The van der Waals surface area contributed by atoms with Crippen molar-refractivity contribution in [2.75, 3.05) is 33.2 Å². The van der Waals surface area contributed by atoms with Crippen LogP contribution in [0.3, 0.4) is 0 Å². The van der Waals surface area contributed by atoms with Crippen LogP contribution >= 0.6 is 0 Å². The van der Waals surface area contributed by atoms with Gasteiger partial charge in [0.2, 0.25) is 5.95 Å². The number of carbonyl (C=O) groups is 1. The van der Waals surface area contributed by atoms with Crippen LogP contribution in [0.4, 0.5) is 5.95 Å². The van der Waals surface area contributed by atoms with Gasteiger partial charge in [-0.1, -0.05) is 6.07 Å². The molecule has 0 aliphatic rings. The fourth-order valence-corrected chi connectivity index (χ4v) is 3.51. The lowest BCUT2D eigenvalue weighted by Gasteiger charge is -2.11. The van der Waals surface area contributed by atoms with Gasteiger partial charge >= 0.3 is 5.97 Å². The standard InChI is InChI=1S/C24H24N4O4/c1-30-20-7-4-16(14-21(20)31-2)8-11-25-24-26-12-9-22(27-24)28-13-10-17-15-18(23(29)32-3)5-6-19(17)28/h4-7,9-10,12-15H,8,11H2,1-3H3,(H,25,26,27). The fourth-order valence-electron chi connectivity index (χ4n) is 3.51. The molecule has 1 N–H and O–H groups in total. The molecule has 0 atom stereocenters. The lowest BCUT2D eigenvalue weighted by molar-refractivity contribution is 0.0601. The van der Waals surface area contributed by atoms with E-state index in [9.17, 15) is 4.79 Å². The summed E-state index contributed by atoms with van der Waals surface area (Å²) in [5, 5.41) is 4.20. The second-order valence-electron chi connectivity index (χ2n) is 7.06. The third kappa shape index (κ3) is 4.34. The Morgan fingerprint density at radius 3 is 2.62 bits per heavy atom. The number of hydrogen-bond donors (Lipinski definition) is 1. The van der Waals surface area contributed by atoms with Crippen molar-refractivity contribution in [1.29, 1.82) is 0 Å². The van der Waals surface area contributed by atoms with Gasteiger partial charge in [-0.2, -0.15) is 4.98 Å². The van der Waals surface area contributed by atoms with Crippen molar-refractivity contribution in [2.45, 2.75) is 6.42 Å². The average molecular weight is 432 g/mol. The van der Waals surface area contributed by atoms with Crippen LogP contribution < -0.4 is 14.8 Å². The molecule has 4 aromatic rings. The van der Waals surface area contributed by atoms with E-state index < -0.39 is 0 Å². The summed E-state index contributed by atoms with van der Waals surface area (Å²) < 4.78 is 17.4. The third-order valence-corrected chi connectivity index (χ3v) is 5.14. The summed E-state index contributed by atoms with van der Waals surface area (Å²) in [5.41, 5.74) is 2.56. The zero-order valence-electron chi connectivity index (χ0n) is 18.2. The van der Waals surface area contributed by atoms with E-state index in [1.165, 1.54) is 7.11 Å². The number of anilines is 1. The number of aromatic nitrogens is 3. The maximum Gasteiger partial charge on any atom is 0.337 e. The zero-order valence-corrected chi connectivity index (χ0v) is 18.2. The van der Waals surface area contributed by atoms with E-state index in [0.29, 0.717) is 29.6 Å². The molecule has 32 heavy (non-hydrogen) atoms. The fraction of sp³-hybridized carbons (Fsp3) is 0.208. The first-order chi connectivity index (χ1) is 15.6. The lowest BCUT2D eigenvalue weighted by Crippen LogP contribution is -2.09. The number of nitrogens with one attached hydrogen (secondary N) is 1. The molecule has 0 fully saturated rings. The first-order valence-electron chi connectivity index (χ1n) is 10.1. The Labute approximate surface area is 185 Å². The molecule has 0 radical (unpaired) electrons. The Kier molecular flexibility index (Phi) is 6.21. The van der Waals surface area contributed by atoms with Crippen LogP contribution in [-0.4, -0.2) is 48.4 Å². The first kappa shape index (κ1) is 21.2. The van der Waals surface area contributed by atoms with Crippen molar-refractivity contribution in [3.63, 3.8) is 0 Å². The molecule has 0 saturated heterocycles. The summed E-state index contributed by atoms with van der Waals surface area (Å²) >= 11 is 0. The van der Waals surface area contributed by atoms with Crippen molar-refractivity contribution < 1.29 is 19.0 Å². The molecule has 0 spiro atoms. The predicted octanol–water partition coefficient (Wildman–Crippen LogP) is 3.88. The van der Waals surface area contributed by atoms with E-state index in [-0.39, 0.29) is 5.97 Å². The van der Waals surface area contributed by atoms with Crippen molar-refractivity contribution in [2.24, 2.45) is 0 Å². The number of methoxy groups -OCH3 is 3. The Bertz CT molecular complexity index is 1250. The summed E-state index contributed by atoms with van der Waals surface area (Å²) in [6.07, 6.45) is 4.41. The molecule has 0 aliphatic heterocycles. The zero-order chi connectivity index (χ0) is 22.5. The van der Waals surface area contributed by atoms with E-state index in [2.05, 4.69) is 15.3 Å². The predicted molar refractivity (Wildman–Crippen MR) is 122 cm³/mol. The molecule has 0 unspecified atom stereocenters. The summed E-state index contributed by atoms with van der Waals surface area (Å²) in [4.78, 5) is 20.7. The Morgan fingerprint density at radius 2 is 1.84 bits per heavy atom. The van der Waals surface area contributed by atoms with E-state index in [0.717, 1.165) is 28.7 Å². The summed E-state index contributed by atoms with van der Waals surface area (Å²) in [7, 11) is 4.62. The highest BCUT2D eigenvalue weighted by atomic mass is 16.5. The van der Waals surface area contributed by atoms with Gasteiger partial charge in [-0.05, 0) is 54.4 Å². The van der Waals surface area contributed by atoms with Gasteiger partial charge in [-0.25, -0.2) is 9.78 Å². The van der Waals surface area contributed by atoms with Crippen LogP contribution in [0, 0.1) is 0 Å². The van der Waals surface area contributed by atoms with Crippen molar-refractivity contribution in [3.8, 4) is 17.3 Å². The van der Waals surface area contributed by atoms with E-state index in [4.69, 9.17) is 14.2 Å². The summed E-state index contributed by atoms with van der Waals surface area (Å²) in [5.74, 6) is 2.32. The van der Waals surface area contributed by atoms with E-state index >= 15 is 0 Å². The minimum Gasteiger partial charge on any atom is -0.493 e. The third-order valence-electron chi connectivity index (χ3n) is 5.14. The Hall–Kier alpha value is -4.07. The van der Waals surface area contributed by atoms with Crippen LogP contribution in [-0.2, 0) is 11.2 Å². The molecule has 2 heterocycles. The monoisotopic (exact) mass is 432 g/mol. The Balaban J connectivity index is 1.48. The quantitative estimate of drug-likeness (QED) is 0.423. The molecule has 4 rings (SSSR count). The second kappa shape index (κ2) is 9.38. The topological polar surface area (TPSA) is 87.5 Å². The van der Waals surface area contributed by atoms with Crippen molar-refractivity contribution in [1.82, 2.24) is 14.5 Å². The van der Waals surface area contributed by atoms with Crippen LogP contribution in [0.15, 0.2) is 60.9 Å². The van der Waals surface area contributed by atoms with Gasteiger partial charge in [-0.3, -0.25) is 0 Å². The molecule has 164 valence electrons. The maximum atomic E-state index is 11.8. The minimum absolute atomic E-state index is 0.359. The van der Waals surface area contributed by atoms with Crippen molar-refractivity contribution in [3.05, 3.63) is 72.1 Å². The number of ether oxygens (including phenoxy) is 3. The van der Waals surface area contributed by atoms with E-state index in [1.54, 1.807) is 32.5 Å². The van der Waals surface area contributed by atoms with Crippen LogP contribution in [0.5, 0.6) is 11.5 Å². The van der Waals surface area contributed by atoms with Gasteiger partial charge in [0.05, 0.1) is 32.4 Å². The van der Waals surface area contributed by atoms with Gasteiger partial charge in [-0.15, -0.1) is 0 Å². The smallest absolute Gasteiger partial charge is 0.337 e. The van der Waals surface area contributed by atoms with Gasteiger partial charge in [0, 0.05) is 24.3 Å². The molecule has 2 aromatic carbocycles. The van der Waals surface area contributed by atoms with Crippen LogP contribution in [0.25, 0.3) is 16.7 Å². The highest BCUT2D eigenvalue weighted by molar-refractivity contribution is 5.95. The molecule has 0 aliphatic carbocycles. The molecular weight excluding hydrogens is 408 g/mol. The minimum atomic E-state index is -0.359. The number of rotatable bonds is 8. The highest BCUT2D eigenvalue weighted by Crippen LogP contribution is 2.27. The number of hydrogen-bond acceptors (Lipinski definition) is 7. The van der Waals surface area contributed by atoms with E-state index in [1.807, 2.05) is 47.2 Å². The molecule has 8 heteroatoms. The van der Waals surface area contributed by atoms with Gasteiger partial charge in [0.15, 0.2) is 11.5 Å². The molecule has 0 saturated carbocycles. The van der Waals surface area contributed by atoms with Gasteiger partial charge < -0.3 is 24.1 Å². The lowest BCUT2D eigenvalue weighted by atomic mass is 10.1. The average Bonchev–Trinajstić information content (AvgIpc) is 3.27. The number of nitrogens with zero attached hydrogens (tertiary/aromatic N) is 3. The van der Waals surface area contributed by atoms with Gasteiger partial charge in [0.1, 0.15) is 5.82 Å². The SMILES string of the molecule is COC(=O)c1ccc2c(ccn2-c2ccnc(NCCc3ccc(OC)c(OC)c3)n2)c1. The maximum absolute atomic E-state index is 11.8. The highest BCUT2D eigenvalue weighted by Gasteiger charge is 2.10. The Morgan fingerprint density at radius 1 is 1.00 bits per heavy atom. The van der Waals surface area contributed by atoms with Crippen molar-refractivity contribution >= 4 is 22.8 Å². The molecule has 8 nitrogen and oxygen atoms in total. The second-order valence-corrected chi connectivity index (χ2v) is 7.06. The normalized spacial score (nSPS) is 10.7.